The van der Waals surface area contributed by atoms with Crippen molar-refractivity contribution >= 4 is 18.2 Å². The summed E-state index contributed by atoms with van der Waals surface area (Å²) in [5, 5.41) is 23.3. The Morgan fingerprint density at radius 3 is 2.76 bits per heavy atom. The zero-order valence-corrected chi connectivity index (χ0v) is 18.3. The van der Waals surface area contributed by atoms with Crippen molar-refractivity contribution in [3.63, 3.8) is 0 Å². The maximum absolute atomic E-state index is 10.5. The summed E-state index contributed by atoms with van der Waals surface area (Å²) in [6.07, 6.45) is 16.2. The number of hydrogen-bond acceptors (Lipinski definition) is 4. The van der Waals surface area contributed by atoms with Crippen LogP contribution in [0.5, 0.6) is 0 Å². The lowest BCUT2D eigenvalue weighted by Gasteiger charge is -2.35. The highest BCUT2D eigenvalue weighted by molar-refractivity contribution is 5.64. The van der Waals surface area contributed by atoms with Gasteiger partial charge in [0.1, 0.15) is 0 Å². The topological polar surface area (TPSA) is 64.2 Å². The molecule has 158 valence electrons. The number of allylic oxidation sites excluding steroid dienone is 5. The Morgan fingerprint density at radius 1 is 1.34 bits per heavy atom. The molecule has 1 saturated heterocycles. The van der Waals surface area contributed by atoms with Crippen molar-refractivity contribution in [3.8, 4) is 0 Å². The summed E-state index contributed by atoms with van der Waals surface area (Å²) < 4.78 is 0. The molecule has 5 nitrogen and oxygen atoms in total. The van der Waals surface area contributed by atoms with E-state index in [1.807, 2.05) is 39.0 Å². The van der Waals surface area contributed by atoms with Gasteiger partial charge in [0.05, 0.1) is 16.6 Å². The Morgan fingerprint density at radius 2 is 2.10 bits per heavy atom. The Kier molecular flexibility index (Phi) is 6.62. The van der Waals surface area contributed by atoms with Gasteiger partial charge in [-0.25, -0.2) is 0 Å². The lowest BCUT2D eigenvalue weighted by molar-refractivity contribution is 0.0241. The first-order valence-corrected chi connectivity index (χ1v) is 10.7. The summed E-state index contributed by atoms with van der Waals surface area (Å²) in [5.41, 5.74) is 1.48. The van der Waals surface area contributed by atoms with Crippen LogP contribution in [0, 0.1) is 0 Å². The zero-order valence-electron chi connectivity index (χ0n) is 18.3. The highest BCUT2D eigenvalue weighted by Gasteiger charge is 2.47. The molecule has 0 spiro atoms. The molecule has 29 heavy (non-hydrogen) atoms. The Balaban J connectivity index is 1.77. The number of nitrogens with zero attached hydrogens (tertiary/aromatic N) is 2. The summed E-state index contributed by atoms with van der Waals surface area (Å²) >= 11 is 0. The highest BCUT2D eigenvalue weighted by Crippen LogP contribution is 2.44. The highest BCUT2D eigenvalue weighted by atomic mass is 16.3. The van der Waals surface area contributed by atoms with Gasteiger partial charge >= 0.3 is 0 Å². The summed E-state index contributed by atoms with van der Waals surface area (Å²) in [4.78, 5) is 2.56. The lowest BCUT2D eigenvalue weighted by atomic mass is 9.98. The third-order valence-corrected chi connectivity index (χ3v) is 6.11. The van der Waals surface area contributed by atoms with Gasteiger partial charge in [-0.2, -0.15) is 5.10 Å². The molecule has 2 aliphatic rings. The largest absolute Gasteiger partial charge is 0.389 e. The average molecular weight is 397 g/mol. The van der Waals surface area contributed by atoms with Crippen molar-refractivity contribution in [1.82, 2.24) is 20.4 Å². The Hall–Kier alpha value is -1.95. The van der Waals surface area contributed by atoms with E-state index in [0.29, 0.717) is 0 Å². The zero-order chi connectivity index (χ0) is 21.1. The van der Waals surface area contributed by atoms with Crippen LogP contribution in [0.4, 0.5) is 0 Å². The summed E-state index contributed by atoms with van der Waals surface area (Å²) in [5.74, 6) is 0. The molecule has 1 saturated carbocycles. The van der Waals surface area contributed by atoms with Gasteiger partial charge in [0.25, 0.3) is 0 Å². The summed E-state index contributed by atoms with van der Waals surface area (Å²) in [6, 6.07) is 0.0948. The molecule has 1 atom stereocenters. The third kappa shape index (κ3) is 5.16. The summed E-state index contributed by atoms with van der Waals surface area (Å²) in [6.45, 7) is 14.8. The quantitative estimate of drug-likeness (QED) is 0.645. The van der Waals surface area contributed by atoms with Crippen LogP contribution in [0.2, 0.25) is 0 Å². The molecule has 1 aromatic rings. The number of aromatic amines is 1. The minimum atomic E-state index is -0.718. The van der Waals surface area contributed by atoms with E-state index in [4.69, 9.17) is 0 Å². The number of hydrogen-bond donors (Lipinski definition) is 3. The fourth-order valence-corrected chi connectivity index (χ4v) is 4.03. The molecule has 0 amide bonds. The molecular formula is C24H36N4O. The fraction of sp³-hybridized carbons (Fsp3) is 0.542. The van der Waals surface area contributed by atoms with Crippen molar-refractivity contribution in [2.45, 2.75) is 64.1 Å². The van der Waals surface area contributed by atoms with Gasteiger partial charge in [0.15, 0.2) is 0 Å². The minimum absolute atomic E-state index is 0.0948. The number of H-pyrrole nitrogens is 1. The molecule has 3 rings (SSSR count). The first-order chi connectivity index (χ1) is 13.8. The molecule has 1 aliphatic heterocycles. The van der Waals surface area contributed by atoms with Crippen LogP contribution in [-0.2, 0) is 0 Å². The van der Waals surface area contributed by atoms with Gasteiger partial charge in [-0.15, -0.1) is 0 Å². The van der Waals surface area contributed by atoms with Gasteiger partial charge in [-0.05, 0) is 59.1 Å². The smallest absolute Gasteiger partial charge is 0.0956 e. The predicted molar refractivity (Wildman–Crippen MR) is 122 cm³/mol. The number of nitrogens with one attached hydrogen (secondary N) is 2. The molecule has 1 aromatic heterocycles. The molecule has 0 radical (unpaired) electrons. The van der Waals surface area contributed by atoms with E-state index in [2.05, 4.69) is 52.1 Å². The molecule has 5 heteroatoms. The van der Waals surface area contributed by atoms with Crippen molar-refractivity contribution in [2.24, 2.45) is 0 Å². The van der Waals surface area contributed by atoms with E-state index in [0.717, 1.165) is 47.9 Å². The standard InChI is InChI=1S/C24H36N4O/c1-6-7-11-20-19(3)26-27-22(20)18(2)10-8-12-24(13-14-24)28-16-9-15-25-21(17-28)23(4,5)29/h6-8,10-12,21,25-26,29H,3,9,13-17H2,1-2,4-5H3/b7-6-,12-8-,18-10+,20-11+. The lowest BCUT2D eigenvalue weighted by Crippen LogP contribution is -2.53. The van der Waals surface area contributed by atoms with E-state index >= 15 is 0 Å². The van der Waals surface area contributed by atoms with Crippen LogP contribution in [0.1, 0.15) is 52.7 Å². The molecule has 2 heterocycles. The van der Waals surface area contributed by atoms with E-state index in [1.54, 1.807) is 0 Å². The molecule has 0 aromatic carbocycles. The first-order valence-electron chi connectivity index (χ1n) is 10.7. The van der Waals surface area contributed by atoms with Crippen molar-refractivity contribution in [1.29, 1.82) is 0 Å². The molecular weight excluding hydrogens is 360 g/mol. The second-order valence-electron chi connectivity index (χ2n) is 8.93. The normalized spacial score (nSPS) is 24.5. The second kappa shape index (κ2) is 8.82. The predicted octanol–water partition coefficient (Wildman–Crippen LogP) is 2.10. The first kappa shape index (κ1) is 21.8. The molecule has 1 unspecified atom stereocenters. The van der Waals surface area contributed by atoms with Crippen molar-refractivity contribution < 1.29 is 5.11 Å². The van der Waals surface area contributed by atoms with Crippen molar-refractivity contribution in [3.05, 3.63) is 46.6 Å². The van der Waals surface area contributed by atoms with E-state index < -0.39 is 5.60 Å². The maximum atomic E-state index is 10.5. The van der Waals surface area contributed by atoms with Crippen LogP contribution >= 0.6 is 0 Å². The Labute approximate surface area is 174 Å². The van der Waals surface area contributed by atoms with Gasteiger partial charge in [0.2, 0.25) is 0 Å². The van der Waals surface area contributed by atoms with Crippen molar-refractivity contribution in [2.75, 3.05) is 19.6 Å². The van der Waals surface area contributed by atoms with E-state index in [9.17, 15) is 5.11 Å². The van der Waals surface area contributed by atoms with Gasteiger partial charge < -0.3 is 10.4 Å². The third-order valence-electron chi connectivity index (χ3n) is 6.11. The van der Waals surface area contributed by atoms with Crippen LogP contribution < -0.4 is 15.9 Å². The van der Waals surface area contributed by atoms with E-state index in [1.165, 1.54) is 12.8 Å². The van der Waals surface area contributed by atoms with E-state index in [-0.39, 0.29) is 11.6 Å². The maximum Gasteiger partial charge on any atom is 0.0956 e. The SMILES string of the molecule is C=c1[nH]nc(/C(C)=C/C=C\C2(N3CCCNC(C(C)(C)O)C3)CC2)/c1=C/C=C\C. The molecule has 0 bridgehead atoms. The van der Waals surface area contributed by atoms with Gasteiger partial charge in [-0.3, -0.25) is 10.00 Å². The second-order valence-corrected chi connectivity index (χ2v) is 8.93. The monoisotopic (exact) mass is 396 g/mol. The number of aliphatic hydroxyl groups is 1. The summed E-state index contributed by atoms with van der Waals surface area (Å²) in [7, 11) is 0. The Bertz CT molecular complexity index is 896. The minimum Gasteiger partial charge on any atom is -0.389 e. The molecule has 3 N–H and O–H groups in total. The van der Waals surface area contributed by atoms with Crippen LogP contribution in [-0.4, -0.2) is 57.0 Å². The molecule has 1 aliphatic carbocycles. The van der Waals surface area contributed by atoms with Crippen LogP contribution in [0.3, 0.4) is 0 Å². The van der Waals surface area contributed by atoms with Gasteiger partial charge in [-0.1, -0.05) is 43.0 Å². The number of rotatable bonds is 6. The van der Waals surface area contributed by atoms with Crippen LogP contribution in [0.15, 0.2) is 30.4 Å². The fourth-order valence-electron chi connectivity index (χ4n) is 4.03. The van der Waals surface area contributed by atoms with Crippen LogP contribution in [0.25, 0.3) is 18.2 Å². The van der Waals surface area contributed by atoms with Gasteiger partial charge in [0, 0.05) is 29.9 Å². The molecule has 2 fully saturated rings. The average Bonchev–Trinajstić information content (AvgIpc) is 3.40. The number of aromatic nitrogens is 2.